The predicted octanol–water partition coefficient (Wildman–Crippen LogP) is 1.60. The van der Waals surface area contributed by atoms with Crippen molar-refractivity contribution in [1.29, 1.82) is 0 Å². The molecule has 0 bridgehead atoms. The number of nitrogens with two attached hydrogens (primary N) is 1. The number of aromatic carboxylic acids is 1. The minimum absolute atomic E-state index is 0.0820. The topological polar surface area (TPSA) is 102 Å². The number of ether oxygens (including phenoxy) is 1. The Morgan fingerprint density at radius 3 is 2.55 bits per heavy atom. The number of amides is 1. The molecule has 0 radical (unpaired) electrons. The highest BCUT2D eigenvalue weighted by Crippen LogP contribution is 2.31. The van der Waals surface area contributed by atoms with Gasteiger partial charge in [0.05, 0.1) is 23.9 Å². The average molecular weight is 278 g/mol. The molecule has 1 fully saturated rings. The minimum Gasteiger partial charge on any atom is -0.495 e. The molecular formula is C14H18N2O4. The van der Waals surface area contributed by atoms with Gasteiger partial charge >= 0.3 is 5.97 Å². The van der Waals surface area contributed by atoms with E-state index in [1.165, 1.54) is 25.3 Å². The van der Waals surface area contributed by atoms with E-state index < -0.39 is 11.5 Å². The summed E-state index contributed by atoms with van der Waals surface area (Å²) in [6, 6.07) is 4.30. The summed E-state index contributed by atoms with van der Waals surface area (Å²) >= 11 is 0. The van der Waals surface area contributed by atoms with Crippen LogP contribution in [0.2, 0.25) is 0 Å². The molecule has 6 heteroatoms. The van der Waals surface area contributed by atoms with E-state index in [0.717, 1.165) is 12.8 Å². The number of carbonyl (C=O) groups is 2. The number of carbonyl (C=O) groups excluding carboxylic acids is 1. The number of benzene rings is 1. The van der Waals surface area contributed by atoms with E-state index in [4.69, 9.17) is 15.6 Å². The zero-order valence-electron chi connectivity index (χ0n) is 11.3. The summed E-state index contributed by atoms with van der Waals surface area (Å²) < 4.78 is 5.13. The highest BCUT2D eigenvalue weighted by atomic mass is 16.5. The molecule has 2 rings (SSSR count). The predicted molar refractivity (Wildman–Crippen MR) is 74.0 cm³/mol. The Labute approximate surface area is 116 Å². The smallest absolute Gasteiger partial charge is 0.335 e. The van der Waals surface area contributed by atoms with Crippen molar-refractivity contribution in [1.82, 2.24) is 0 Å². The molecule has 0 saturated heterocycles. The van der Waals surface area contributed by atoms with Gasteiger partial charge in [0.1, 0.15) is 5.75 Å². The number of rotatable bonds is 4. The molecule has 1 aliphatic carbocycles. The molecule has 1 aromatic carbocycles. The van der Waals surface area contributed by atoms with Crippen LogP contribution >= 0.6 is 0 Å². The highest BCUT2D eigenvalue weighted by molar-refractivity contribution is 6.00. The van der Waals surface area contributed by atoms with Crippen LogP contribution in [-0.4, -0.2) is 29.6 Å². The SMILES string of the molecule is COc1ccc(C(=O)O)cc1NC(=O)C1(N)CCCC1. The second-order valence-corrected chi connectivity index (χ2v) is 5.04. The summed E-state index contributed by atoms with van der Waals surface area (Å²) in [4.78, 5) is 23.2. The summed E-state index contributed by atoms with van der Waals surface area (Å²) in [5.41, 5.74) is 5.61. The van der Waals surface area contributed by atoms with Crippen LogP contribution in [0.1, 0.15) is 36.0 Å². The molecule has 1 amide bonds. The van der Waals surface area contributed by atoms with Crippen molar-refractivity contribution in [3.8, 4) is 5.75 Å². The zero-order valence-corrected chi connectivity index (χ0v) is 11.3. The standard InChI is InChI=1S/C14H18N2O4/c1-20-11-5-4-9(12(17)18)8-10(11)16-13(19)14(15)6-2-3-7-14/h4-5,8H,2-3,6-7,15H2,1H3,(H,16,19)(H,17,18). The van der Waals surface area contributed by atoms with E-state index in [2.05, 4.69) is 5.32 Å². The van der Waals surface area contributed by atoms with Gasteiger partial charge < -0.3 is 20.9 Å². The van der Waals surface area contributed by atoms with Crippen LogP contribution in [0.15, 0.2) is 18.2 Å². The lowest BCUT2D eigenvalue weighted by Crippen LogP contribution is -2.48. The van der Waals surface area contributed by atoms with Gasteiger partial charge in [0.15, 0.2) is 0 Å². The van der Waals surface area contributed by atoms with Gasteiger partial charge in [-0.05, 0) is 31.0 Å². The fourth-order valence-corrected chi connectivity index (χ4v) is 2.42. The van der Waals surface area contributed by atoms with Crippen LogP contribution in [0, 0.1) is 0 Å². The van der Waals surface area contributed by atoms with Crippen molar-refractivity contribution >= 4 is 17.6 Å². The Morgan fingerprint density at radius 2 is 2.00 bits per heavy atom. The normalized spacial score (nSPS) is 16.7. The molecule has 0 heterocycles. The van der Waals surface area contributed by atoms with E-state index in [1.807, 2.05) is 0 Å². The lowest BCUT2D eigenvalue weighted by atomic mass is 9.98. The minimum atomic E-state index is -1.06. The van der Waals surface area contributed by atoms with Crippen LogP contribution in [0.25, 0.3) is 0 Å². The first-order valence-corrected chi connectivity index (χ1v) is 6.48. The lowest BCUT2D eigenvalue weighted by Gasteiger charge is -2.23. The Bertz CT molecular complexity index is 536. The summed E-state index contributed by atoms with van der Waals surface area (Å²) in [5.74, 6) is -0.952. The van der Waals surface area contributed by atoms with Gasteiger partial charge in [-0.3, -0.25) is 4.79 Å². The number of methoxy groups -OCH3 is 1. The third kappa shape index (κ3) is 2.75. The molecule has 0 unspecified atom stereocenters. The number of nitrogens with one attached hydrogen (secondary N) is 1. The van der Waals surface area contributed by atoms with Crippen LogP contribution in [0.3, 0.4) is 0 Å². The Hall–Kier alpha value is -2.08. The maximum atomic E-state index is 12.2. The fraction of sp³-hybridized carbons (Fsp3) is 0.429. The van der Waals surface area contributed by atoms with E-state index in [-0.39, 0.29) is 11.5 Å². The Balaban J connectivity index is 2.25. The van der Waals surface area contributed by atoms with Crippen molar-refractivity contribution in [3.05, 3.63) is 23.8 Å². The molecule has 0 aliphatic heterocycles. The molecule has 20 heavy (non-hydrogen) atoms. The van der Waals surface area contributed by atoms with Gasteiger partial charge in [-0.25, -0.2) is 4.79 Å². The number of hydrogen-bond donors (Lipinski definition) is 3. The molecular weight excluding hydrogens is 260 g/mol. The van der Waals surface area contributed by atoms with Gasteiger partial charge in [0.25, 0.3) is 0 Å². The lowest BCUT2D eigenvalue weighted by molar-refractivity contribution is -0.121. The Kier molecular flexibility index (Phi) is 3.94. The molecule has 1 aromatic rings. The first-order valence-electron chi connectivity index (χ1n) is 6.48. The maximum Gasteiger partial charge on any atom is 0.335 e. The van der Waals surface area contributed by atoms with Crippen LogP contribution < -0.4 is 15.8 Å². The van der Waals surface area contributed by atoms with Crippen LogP contribution in [-0.2, 0) is 4.79 Å². The van der Waals surface area contributed by atoms with E-state index in [0.29, 0.717) is 24.3 Å². The van der Waals surface area contributed by atoms with Gasteiger partial charge in [-0.15, -0.1) is 0 Å². The van der Waals surface area contributed by atoms with Gasteiger partial charge in [0, 0.05) is 0 Å². The third-order valence-electron chi connectivity index (χ3n) is 3.64. The average Bonchev–Trinajstić information content (AvgIpc) is 2.87. The molecule has 6 nitrogen and oxygen atoms in total. The number of anilines is 1. The van der Waals surface area contributed by atoms with E-state index in [9.17, 15) is 9.59 Å². The molecule has 0 spiro atoms. The number of carboxylic acid groups (broad SMARTS) is 1. The molecule has 1 aliphatic rings. The molecule has 108 valence electrons. The monoisotopic (exact) mass is 278 g/mol. The quantitative estimate of drug-likeness (QED) is 0.776. The zero-order chi connectivity index (χ0) is 14.8. The largest absolute Gasteiger partial charge is 0.495 e. The van der Waals surface area contributed by atoms with E-state index >= 15 is 0 Å². The first kappa shape index (κ1) is 14.3. The molecule has 0 atom stereocenters. The summed E-state index contributed by atoms with van der Waals surface area (Å²) in [6.45, 7) is 0. The third-order valence-corrected chi connectivity index (χ3v) is 3.64. The number of carboxylic acids is 1. The molecule has 0 aromatic heterocycles. The van der Waals surface area contributed by atoms with Crippen LogP contribution in [0.4, 0.5) is 5.69 Å². The molecule has 4 N–H and O–H groups in total. The second kappa shape index (κ2) is 5.50. The summed E-state index contributed by atoms with van der Waals surface area (Å²) in [7, 11) is 1.46. The van der Waals surface area contributed by atoms with Crippen molar-refractivity contribution in [3.63, 3.8) is 0 Å². The van der Waals surface area contributed by atoms with Crippen molar-refractivity contribution in [2.24, 2.45) is 5.73 Å². The van der Waals surface area contributed by atoms with Crippen molar-refractivity contribution < 1.29 is 19.4 Å². The van der Waals surface area contributed by atoms with E-state index in [1.54, 1.807) is 0 Å². The van der Waals surface area contributed by atoms with Gasteiger partial charge in [-0.2, -0.15) is 0 Å². The van der Waals surface area contributed by atoms with Gasteiger partial charge in [-0.1, -0.05) is 12.8 Å². The summed E-state index contributed by atoms with van der Waals surface area (Å²) in [6.07, 6.45) is 3.13. The molecule has 1 saturated carbocycles. The van der Waals surface area contributed by atoms with Crippen LogP contribution in [0.5, 0.6) is 5.75 Å². The first-order chi connectivity index (χ1) is 9.46. The maximum absolute atomic E-state index is 12.2. The Morgan fingerprint density at radius 1 is 1.35 bits per heavy atom. The van der Waals surface area contributed by atoms with Crippen molar-refractivity contribution in [2.75, 3.05) is 12.4 Å². The van der Waals surface area contributed by atoms with Gasteiger partial charge in [0.2, 0.25) is 5.91 Å². The summed E-state index contributed by atoms with van der Waals surface area (Å²) in [5, 5.41) is 11.7. The second-order valence-electron chi connectivity index (χ2n) is 5.04. The van der Waals surface area contributed by atoms with Crippen molar-refractivity contribution in [2.45, 2.75) is 31.2 Å². The fourth-order valence-electron chi connectivity index (χ4n) is 2.42. The number of hydrogen-bond acceptors (Lipinski definition) is 4. The highest BCUT2D eigenvalue weighted by Gasteiger charge is 2.37.